The van der Waals surface area contributed by atoms with Gasteiger partial charge in [0.25, 0.3) is 5.91 Å². The van der Waals surface area contributed by atoms with E-state index in [1.165, 1.54) is 12.1 Å². The Hall–Kier alpha value is -1.47. The summed E-state index contributed by atoms with van der Waals surface area (Å²) in [6.45, 7) is 3.77. The summed E-state index contributed by atoms with van der Waals surface area (Å²) in [5.74, 6) is -1.09. The summed E-state index contributed by atoms with van der Waals surface area (Å²) in [7, 11) is 0. The van der Waals surface area contributed by atoms with Gasteiger partial charge in [0.1, 0.15) is 11.7 Å². The number of benzene rings is 1. The van der Waals surface area contributed by atoms with Gasteiger partial charge in [-0.3, -0.25) is 9.59 Å². The van der Waals surface area contributed by atoms with Crippen LogP contribution in [0.15, 0.2) is 22.7 Å². The number of nitrogens with one attached hydrogen (secondary N) is 2. The Kier molecular flexibility index (Phi) is 6.53. The monoisotopic (exact) mass is 387 g/mol. The summed E-state index contributed by atoms with van der Waals surface area (Å²) in [6, 6.07) is 4.49. The highest BCUT2D eigenvalue weighted by Gasteiger charge is 2.30. The second kappa shape index (κ2) is 8.40. The Balaban J connectivity index is 1.88. The molecule has 1 heterocycles. The molecule has 1 amide bonds. The molecular weight excluding hydrogens is 367 g/mol. The van der Waals surface area contributed by atoms with Crippen LogP contribution in [0.1, 0.15) is 19.8 Å². The number of quaternary nitrogens is 1. The zero-order valence-corrected chi connectivity index (χ0v) is 14.6. The number of hydrogen-bond acceptors (Lipinski definition) is 3. The molecule has 0 aromatic heterocycles. The van der Waals surface area contributed by atoms with Crippen LogP contribution in [0.4, 0.5) is 10.1 Å². The van der Waals surface area contributed by atoms with E-state index in [0.717, 1.165) is 24.3 Å². The highest BCUT2D eigenvalue weighted by molar-refractivity contribution is 9.10. The van der Waals surface area contributed by atoms with Crippen molar-refractivity contribution in [3.63, 3.8) is 0 Å². The highest BCUT2D eigenvalue weighted by atomic mass is 79.9. The fourth-order valence-electron chi connectivity index (χ4n) is 2.79. The quantitative estimate of drug-likeness (QED) is 0.750. The molecule has 2 atom stereocenters. The smallest absolute Gasteiger partial charge is 0.314 e. The van der Waals surface area contributed by atoms with Gasteiger partial charge in [0.2, 0.25) is 0 Å². The van der Waals surface area contributed by atoms with Gasteiger partial charge in [-0.1, -0.05) is 15.9 Å². The number of ether oxygens (including phenoxy) is 1. The molecule has 2 N–H and O–H groups in total. The van der Waals surface area contributed by atoms with E-state index in [9.17, 15) is 14.0 Å². The van der Waals surface area contributed by atoms with Crippen LogP contribution >= 0.6 is 15.9 Å². The normalized spacial score (nSPS) is 20.8. The summed E-state index contributed by atoms with van der Waals surface area (Å²) in [5.41, 5.74) is 0.163. The fourth-order valence-corrected chi connectivity index (χ4v) is 3.12. The van der Waals surface area contributed by atoms with Gasteiger partial charge in [0, 0.05) is 4.47 Å². The maximum absolute atomic E-state index is 13.7. The lowest BCUT2D eigenvalue weighted by Gasteiger charge is -2.28. The molecule has 1 saturated heterocycles. The van der Waals surface area contributed by atoms with Gasteiger partial charge in [-0.15, -0.1) is 0 Å². The molecule has 1 aromatic carbocycles. The molecule has 0 aliphatic carbocycles. The van der Waals surface area contributed by atoms with Crippen LogP contribution in [-0.2, 0) is 14.3 Å². The van der Waals surface area contributed by atoms with Crippen LogP contribution < -0.4 is 10.2 Å². The average molecular weight is 388 g/mol. The summed E-state index contributed by atoms with van der Waals surface area (Å²) in [4.78, 5) is 24.9. The number of halogens is 2. The van der Waals surface area contributed by atoms with E-state index in [1.807, 2.05) is 0 Å². The third-order valence-corrected chi connectivity index (χ3v) is 4.35. The van der Waals surface area contributed by atoms with Crippen LogP contribution in [0, 0.1) is 11.7 Å². The molecule has 0 saturated carbocycles. The van der Waals surface area contributed by atoms with E-state index in [-0.39, 0.29) is 30.0 Å². The lowest BCUT2D eigenvalue weighted by atomic mass is 9.98. The Morgan fingerprint density at radius 2 is 2.26 bits per heavy atom. The number of carbonyl (C=O) groups is 2. The molecule has 1 aromatic rings. The molecule has 5 nitrogen and oxygen atoms in total. The topological polar surface area (TPSA) is 59.8 Å². The minimum Gasteiger partial charge on any atom is -0.466 e. The maximum Gasteiger partial charge on any atom is 0.314 e. The van der Waals surface area contributed by atoms with Crippen molar-refractivity contribution in [2.75, 3.05) is 31.6 Å². The summed E-state index contributed by atoms with van der Waals surface area (Å²) in [6.07, 6.45) is 1.67. The molecule has 2 rings (SSSR count). The lowest BCUT2D eigenvalue weighted by molar-refractivity contribution is -0.899. The molecule has 1 unspecified atom stereocenters. The number of piperidine rings is 1. The largest absolute Gasteiger partial charge is 0.466 e. The first-order valence-electron chi connectivity index (χ1n) is 7.74. The van der Waals surface area contributed by atoms with Crippen LogP contribution in [0.25, 0.3) is 0 Å². The Bertz CT molecular complexity index is 582. The van der Waals surface area contributed by atoms with Gasteiger partial charge in [-0.05, 0) is 38.0 Å². The van der Waals surface area contributed by atoms with Crippen molar-refractivity contribution in [3.05, 3.63) is 28.5 Å². The van der Waals surface area contributed by atoms with E-state index in [2.05, 4.69) is 21.2 Å². The first-order chi connectivity index (χ1) is 11.0. The van der Waals surface area contributed by atoms with Crippen molar-refractivity contribution < 1.29 is 23.6 Å². The minimum atomic E-state index is -0.481. The van der Waals surface area contributed by atoms with Crippen molar-refractivity contribution in [1.82, 2.24) is 0 Å². The van der Waals surface area contributed by atoms with Gasteiger partial charge in [0.05, 0.1) is 25.4 Å². The molecule has 1 aliphatic heterocycles. The Morgan fingerprint density at radius 3 is 2.96 bits per heavy atom. The SMILES string of the molecule is CCOC(=O)[C@H]1CCC[NH+](CC(=O)Nc2ccc(Br)cc2F)C1. The van der Waals surface area contributed by atoms with Crippen molar-refractivity contribution in [1.29, 1.82) is 0 Å². The van der Waals surface area contributed by atoms with E-state index >= 15 is 0 Å². The number of amides is 1. The van der Waals surface area contributed by atoms with Crippen molar-refractivity contribution in [2.45, 2.75) is 19.8 Å². The predicted octanol–water partition coefficient (Wildman–Crippen LogP) is 1.38. The minimum absolute atomic E-state index is 0.157. The molecule has 1 aliphatic rings. The Labute approximate surface area is 143 Å². The number of rotatable bonds is 5. The second-order valence-corrected chi connectivity index (χ2v) is 6.56. The zero-order valence-electron chi connectivity index (χ0n) is 13.0. The number of esters is 1. The highest BCUT2D eigenvalue weighted by Crippen LogP contribution is 2.19. The lowest BCUT2D eigenvalue weighted by Crippen LogP contribution is -3.14. The molecule has 7 heteroatoms. The van der Waals surface area contributed by atoms with Crippen molar-refractivity contribution >= 4 is 33.5 Å². The number of likely N-dealkylation sites (tertiary alicyclic amines) is 1. The van der Waals surface area contributed by atoms with Gasteiger partial charge >= 0.3 is 5.97 Å². The molecule has 0 bridgehead atoms. The predicted molar refractivity (Wildman–Crippen MR) is 87.7 cm³/mol. The van der Waals surface area contributed by atoms with E-state index < -0.39 is 5.82 Å². The summed E-state index contributed by atoms with van der Waals surface area (Å²) >= 11 is 3.17. The molecule has 0 radical (unpaired) electrons. The van der Waals surface area contributed by atoms with Crippen molar-refractivity contribution in [2.24, 2.45) is 5.92 Å². The average Bonchev–Trinajstić information content (AvgIpc) is 2.50. The van der Waals surface area contributed by atoms with Gasteiger partial charge in [-0.25, -0.2) is 4.39 Å². The Morgan fingerprint density at radius 1 is 1.48 bits per heavy atom. The zero-order chi connectivity index (χ0) is 16.8. The third kappa shape index (κ3) is 5.28. The number of anilines is 1. The van der Waals surface area contributed by atoms with E-state index in [4.69, 9.17) is 4.74 Å². The van der Waals surface area contributed by atoms with Crippen molar-refractivity contribution in [3.8, 4) is 0 Å². The molecule has 1 fully saturated rings. The second-order valence-electron chi connectivity index (χ2n) is 5.64. The standard InChI is InChI=1S/C16H20BrFN2O3/c1-2-23-16(22)11-4-3-7-20(9-11)10-15(21)19-14-6-5-12(17)8-13(14)18/h5-6,8,11H,2-4,7,9-10H2,1H3,(H,19,21)/p+1/t11-/m0/s1. The van der Waals surface area contributed by atoms with Gasteiger partial charge in [-0.2, -0.15) is 0 Å². The van der Waals surface area contributed by atoms with Crippen LogP contribution in [-0.4, -0.2) is 38.1 Å². The molecule has 126 valence electrons. The maximum atomic E-state index is 13.7. The van der Waals surface area contributed by atoms with Crippen LogP contribution in [0.3, 0.4) is 0 Å². The fraction of sp³-hybridized carbons (Fsp3) is 0.500. The summed E-state index contributed by atoms with van der Waals surface area (Å²) < 4.78 is 19.4. The first kappa shape index (κ1) is 17.9. The molecular formula is C16H21BrFN2O3+. The third-order valence-electron chi connectivity index (χ3n) is 3.85. The molecule has 23 heavy (non-hydrogen) atoms. The molecule has 0 spiro atoms. The summed E-state index contributed by atoms with van der Waals surface area (Å²) in [5, 5.41) is 2.58. The number of carbonyl (C=O) groups excluding carboxylic acids is 2. The van der Waals surface area contributed by atoms with Crippen LogP contribution in [0.2, 0.25) is 0 Å². The number of hydrogen-bond donors (Lipinski definition) is 2. The van der Waals surface area contributed by atoms with Gasteiger partial charge < -0.3 is 15.0 Å². The van der Waals surface area contributed by atoms with Gasteiger partial charge in [0.15, 0.2) is 6.54 Å². The van der Waals surface area contributed by atoms with Crippen LogP contribution in [0.5, 0.6) is 0 Å². The van der Waals surface area contributed by atoms with E-state index in [0.29, 0.717) is 17.6 Å². The first-order valence-corrected chi connectivity index (χ1v) is 8.54. The van der Waals surface area contributed by atoms with E-state index in [1.54, 1.807) is 13.0 Å².